The van der Waals surface area contributed by atoms with Crippen molar-refractivity contribution < 1.29 is 4.92 Å². The van der Waals surface area contributed by atoms with Gasteiger partial charge in [0.15, 0.2) is 5.82 Å². The summed E-state index contributed by atoms with van der Waals surface area (Å²) < 4.78 is 0. The molecule has 0 aliphatic rings. The second-order valence-corrected chi connectivity index (χ2v) is 5.54. The highest BCUT2D eigenvalue weighted by Crippen LogP contribution is 2.16. The fourth-order valence-electron chi connectivity index (χ4n) is 2.44. The quantitative estimate of drug-likeness (QED) is 0.535. The Morgan fingerprint density at radius 3 is 2.46 bits per heavy atom. The molecule has 0 unspecified atom stereocenters. The second kappa shape index (κ2) is 7.01. The molecule has 7 heteroatoms. The van der Waals surface area contributed by atoms with Gasteiger partial charge in [0.05, 0.1) is 11.0 Å². The topological polar surface area (TPSA) is 111 Å². The third-order valence-electron chi connectivity index (χ3n) is 3.70. The van der Waals surface area contributed by atoms with E-state index in [1.165, 1.54) is 12.1 Å². The molecule has 1 atom stereocenters. The third kappa shape index (κ3) is 3.82. The molecule has 0 radical (unpaired) electrons. The van der Waals surface area contributed by atoms with Gasteiger partial charge in [0.1, 0.15) is 5.82 Å². The van der Waals surface area contributed by atoms with Gasteiger partial charge in [0.2, 0.25) is 0 Å². The number of nitro groups is 1. The van der Waals surface area contributed by atoms with Crippen LogP contribution in [0.5, 0.6) is 0 Å². The average Bonchev–Trinajstić information content (AvgIpc) is 3.05. The van der Waals surface area contributed by atoms with Crippen molar-refractivity contribution in [3.63, 3.8) is 0 Å². The van der Waals surface area contributed by atoms with Crippen molar-refractivity contribution in [2.75, 3.05) is 0 Å². The zero-order chi connectivity index (χ0) is 16.9. The molecule has 1 aromatic heterocycles. The van der Waals surface area contributed by atoms with E-state index in [1.54, 1.807) is 12.1 Å². The van der Waals surface area contributed by atoms with Crippen LogP contribution < -0.4 is 5.73 Å². The summed E-state index contributed by atoms with van der Waals surface area (Å²) in [5, 5.41) is 17.7. The van der Waals surface area contributed by atoms with Crippen molar-refractivity contribution in [1.82, 2.24) is 15.2 Å². The minimum absolute atomic E-state index is 0.0712. The molecule has 24 heavy (non-hydrogen) atoms. The van der Waals surface area contributed by atoms with Gasteiger partial charge >= 0.3 is 0 Å². The van der Waals surface area contributed by atoms with E-state index in [-0.39, 0.29) is 11.7 Å². The highest BCUT2D eigenvalue weighted by atomic mass is 16.6. The minimum Gasteiger partial charge on any atom is -0.321 e. The van der Waals surface area contributed by atoms with E-state index in [1.807, 2.05) is 30.3 Å². The molecule has 0 spiro atoms. The fraction of sp³-hybridized carbons (Fsp3) is 0.176. The van der Waals surface area contributed by atoms with Crippen LogP contribution in [-0.2, 0) is 12.8 Å². The van der Waals surface area contributed by atoms with Crippen molar-refractivity contribution in [2.24, 2.45) is 5.73 Å². The van der Waals surface area contributed by atoms with Gasteiger partial charge < -0.3 is 5.73 Å². The Morgan fingerprint density at radius 1 is 1.08 bits per heavy atom. The Kier molecular flexibility index (Phi) is 4.62. The Hall–Kier alpha value is -3.06. The number of hydrogen-bond acceptors (Lipinski definition) is 5. The number of nitro benzene ring substituents is 1. The molecule has 3 aromatic rings. The maximum Gasteiger partial charge on any atom is 0.269 e. The number of nitrogens with one attached hydrogen (secondary N) is 1. The predicted molar refractivity (Wildman–Crippen MR) is 89.4 cm³/mol. The number of aromatic nitrogens is 3. The van der Waals surface area contributed by atoms with Crippen molar-refractivity contribution in [2.45, 2.75) is 18.9 Å². The SMILES string of the molecule is N[C@@H](Cc1ccccc1)c1n[nH]c(Cc2ccc([N+](=O)[O-])cc2)n1. The first-order chi connectivity index (χ1) is 11.6. The molecule has 0 bridgehead atoms. The first-order valence-corrected chi connectivity index (χ1v) is 7.56. The second-order valence-electron chi connectivity index (χ2n) is 5.54. The van der Waals surface area contributed by atoms with Gasteiger partial charge in [-0.15, -0.1) is 0 Å². The summed E-state index contributed by atoms with van der Waals surface area (Å²) in [6, 6.07) is 16.0. The van der Waals surface area contributed by atoms with Gasteiger partial charge in [-0.2, -0.15) is 5.10 Å². The summed E-state index contributed by atoms with van der Waals surface area (Å²) in [6.45, 7) is 0. The van der Waals surface area contributed by atoms with Crippen LogP contribution in [0.25, 0.3) is 0 Å². The van der Waals surface area contributed by atoms with Crippen molar-refractivity contribution >= 4 is 5.69 Å². The number of aromatic amines is 1. The summed E-state index contributed by atoms with van der Waals surface area (Å²) >= 11 is 0. The third-order valence-corrected chi connectivity index (χ3v) is 3.70. The van der Waals surface area contributed by atoms with E-state index in [2.05, 4.69) is 15.2 Å². The summed E-state index contributed by atoms with van der Waals surface area (Å²) in [6.07, 6.45) is 1.18. The van der Waals surface area contributed by atoms with E-state index < -0.39 is 4.92 Å². The molecular weight excluding hydrogens is 306 g/mol. The Morgan fingerprint density at radius 2 is 1.79 bits per heavy atom. The molecular formula is C17H17N5O2. The van der Waals surface area contributed by atoms with Crippen LogP contribution in [0.2, 0.25) is 0 Å². The van der Waals surface area contributed by atoms with Gasteiger partial charge in [0, 0.05) is 18.6 Å². The van der Waals surface area contributed by atoms with Gasteiger partial charge in [-0.1, -0.05) is 42.5 Å². The van der Waals surface area contributed by atoms with E-state index in [0.717, 1.165) is 11.1 Å². The van der Waals surface area contributed by atoms with Crippen molar-refractivity contribution in [1.29, 1.82) is 0 Å². The van der Waals surface area contributed by atoms with Gasteiger partial charge in [0.25, 0.3) is 5.69 Å². The summed E-state index contributed by atoms with van der Waals surface area (Å²) in [7, 11) is 0. The molecule has 0 amide bonds. The van der Waals surface area contributed by atoms with Gasteiger partial charge in [-0.05, 0) is 17.5 Å². The van der Waals surface area contributed by atoms with Crippen LogP contribution in [0.15, 0.2) is 54.6 Å². The Labute approximate surface area is 138 Å². The van der Waals surface area contributed by atoms with Crippen LogP contribution in [0.3, 0.4) is 0 Å². The lowest BCUT2D eigenvalue weighted by Gasteiger charge is -2.07. The number of rotatable bonds is 6. The van der Waals surface area contributed by atoms with E-state index in [0.29, 0.717) is 24.5 Å². The lowest BCUT2D eigenvalue weighted by atomic mass is 10.1. The average molecular weight is 323 g/mol. The number of nitrogens with two attached hydrogens (primary N) is 1. The maximum absolute atomic E-state index is 10.7. The molecule has 0 saturated carbocycles. The molecule has 2 aromatic carbocycles. The van der Waals surface area contributed by atoms with Gasteiger partial charge in [-0.3, -0.25) is 15.2 Å². The lowest BCUT2D eigenvalue weighted by molar-refractivity contribution is -0.384. The maximum atomic E-state index is 10.7. The number of hydrogen-bond donors (Lipinski definition) is 2. The number of benzene rings is 2. The number of H-pyrrole nitrogens is 1. The monoisotopic (exact) mass is 323 g/mol. The number of nitrogens with zero attached hydrogens (tertiary/aromatic N) is 3. The summed E-state index contributed by atoms with van der Waals surface area (Å²) in [5.41, 5.74) is 8.29. The van der Waals surface area contributed by atoms with E-state index in [4.69, 9.17) is 5.73 Å². The van der Waals surface area contributed by atoms with E-state index in [9.17, 15) is 10.1 Å². The zero-order valence-electron chi connectivity index (χ0n) is 12.9. The number of non-ortho nitro benzene ring substituents is 1. The highest BCUT2D eigenvalue weighted by molar-refractivity contribution is 5.33. The summed E-state index contributed by atoms with van der Waals surface area (Å²) in [5.74, 6) is 1.25. The van der Waals surface area contributed by atoms with Crippen LogP contribution in [-0.4, -0.2) is 20.1 Å². The standard InChI is InChI=1S/C17H17N5O2/c18-15(10-12-4-2-1-3-5-12)17-19-16(20-21-17)11-13-6-8-14(9-7-13)22(23)24/h1-9,15H,10-11,18H2,(H,19,20,21)/t15-/m0/s1. The van der Waals surface area contributed by atoms with Crippen molar-refractivity contribution in [3.05, 3.63) is 87.5 Å². The van der Waals surface area contributed by atoms with E-state index >= 15 is 0 Å². The largest absolute Gasteiger partial charge is 0.321 e. The minimum atomic E-state index is -0.418. The molecule has 7 nitrogen and oxygen atoms in total. The Bertz CT molecular complexity index is 815. The van der Waals surface area contributed by atoms with Crippen LogP contribution in [0.4, 0.5) is 5.69 Å². The van der Waals surface area contributed by atoms with Crippen LogP contribution in [0.1, 0.15) is 28.8 Å². The predicted octanol–water partition coefficient (Wildman–Crippen LogP) is 2.55. The van der Waals surface area contributed by atoms with Crippen LogP contribution >= 0.6 is 0 Å². The molecule has 3 N–H and O–H groups in total. The smallest absolute Gasteiger partial charge is 0.269 e. The first-order valence-electron chi connectivity index (χ1n) is 7.56. The molecule has 0 aliphatic carbocycles. The zero-order valence-corrected chi connectivity index (χ0v) is 12.9. The first kappa shape index (κ1) is 15.8. The Balaban J connectivity index is 1.65. The fourth-order valence-corrected chi connectivity index (χ4v) is 2.44. The highest BCUT2D eigenvalue weighted by Gasteiger charge is 2.13. The van der Waals surface area contributed by atoms with Gasteiger partial charge in [-0.25, -0.2) is 4.98 Å². The van der Waals surface area contributed by atoms with Crippen molar-refractivity contribution in [3.8, 4) is 0 Å². The molecule has 0 fully saturated rings. The molecule has 3 rings (SSSR count). The normalized spacial score (nSPS) is 12.0. The molecule has 122 valence electrons. The summed E-state index contributed by atoms with van der Waals surface area (Å²) in [4.78, 5) is 14.7. The molecule has 0 aliphatic heterocycles. The van der Waals surface area contributed by atoms with Crippen LogP contribution in [0, 0.1) is 10.1 Å². The lowest BCUT2D eigenvalue weighted by Crippen LogP contribution is -2.15. The molecule has 0 saturated heterocycles. The molecule has 1 heterocycles.